The number of piperazine rings is 1. The maximum Gasteiger partial charge on any atom is 0.179 e. The second-order valence-corrected chi connectivity index (χ2v) is 6.77. The van der Waals surface area contributed by atoms with Crippen LogP contribution < -0.4 is 14.8 Å². The van der Waals surface area contributed by atoms with Gasteiger partial charge in [0.05, 0.1) is 18.2 Å². The second-order valence-electron chi connectivity index (χ2n) is 6.37. The van der Waals surface area contributed by atoms with Gasteiger partial charge in [-0.1, -0.05) is 11.6 Å². The quantitative estimate of drug-likeness (QED) is 0.910. The molecule has 1 N–H and O–H groups in total. The van der Waals surface area contributed by atoms with Crippen LogP contribution in [0.25, 0.3) is 0 Å². The fourth-order valence-corrected chi connectivity index (χ4v) is 3.20. The number of hydrogen-bond donors (Lipinski definition) is 1. The SMILES string of the molecule is CC1(C)CNCCN1Cc1cc(Cl)c2c(c1)OCCCO2. The predicted octanol–water partition coefficient (Wildman–Crippen LogP) is 2.69. The van der Waals surface area contributed by atoms with E-state index in [-0.39, 0.29) is 5.54 Å². The Morgan fingerprint density at radius 1 is 1.29 bits per heavy atom. The molecule has 116 valence electrons. The highest BCUT2D eigenvalue weighted by atomic mass is 35.5. The number of nitrogens with zero attached hydrogens (tertiary/aromatic N) is 1. The monoisotopic (exact) mass is 310 g/mol. The fourth-order valence-electron chi connectivity index (χ4n) is 2.91. The molecular weight excluding hydrogens is 288 g/mol. The van der Waals surface area contributed by atoms with Gasteiger partial charge in [0.1, 0.15) is 0 Å². The van der Waals surface area contributed by atoms with Crippen molar-refractivity contribution in [1.82, 2.24) is 10.2 Å². The summed E-state index contributed by atoms with van der Waals surface area (Å²) in [5.41, 5.74) is 1.33. The van der Waals surface area contributed by atoms with Crippen molar-refractivity contribution in [3.8, 4) is 11.5 Å². The van der Waals surface area contributed by atoms with Crippen molar-refractivity contribution in [2.75, 3.05) is 32.8 Å². The smallest absolute Gasteiger partial charge is 0.179 e. The zero-order valence-electron chi connectivity index (χ0n) is 12.7. The van der Waals surface area contributed by atoms with Crippen molar-refractivity contribution in [2.45, 2.75) is 32.4 Å². The zero-order chi connectivity index (χ0) is 14.9. The molecule has 0 amide bonds. The van der Waals surface area contributed by atoms with Crippen LogP contribution in [-0.2, 0) is 6.54 Å². The third-order valence-electron chi connectivity index (χ3n) is 4.21. The molecule has 2 aliphatic heterocycles. The molecule has 0 saturated carbocycles. The molecular formula is C16H23ClN2O2. The Labute approximate surface area is 131 Å². The molecule has 21 heavy (non-hydrogen) atoms. The Balaban J connectivity index is 1.82. The number of nitrogens with one attached hydrogen (secondary N) is 1. The molecule has 1 aromatic carbocycles. The highest BCUT2D eigenvalue weighted by Crippen LogP contribution is 2.38. The van der Waals surface area contributed by atoms with Crippen LogP contribution >= 0.6 is 11.6 Å². The second kappa shape index (κ2) is 6.03. The van der Waals surface area contributed by atoms with Crippen molar-refractivity contribution in [1.29, 1.82) is 0 Å². The molecule has 0 radical (unpaired) electrons. The third kappa shape index (κ3) is 3.28. The lowest BCUT2D eigenvalue weighted by Crippen LogP contribution is -2.57. The van der Waals surface area contributed by atoms with E-state index < -0.39 is 0 Å². The zero-order valence-corrected chi connectivity index (χ0v) is 13.5. The number of halogens is 1. The standard InChI is InChI=1S/C16H23ClN2O2/c1-16(2)11-18-4-5-19(16)10-12-8-13(17)15-14(9-12)20-6-3-7-21-15/h8-9,18H,3-7,10-11H2,1-2H3. The van der Waals surface area contributed by atoms with Crippen LogP contribution in [-0.4, -0.2) is 43.3 Å². The van der Waals surface area contributed by atoms with Crippen LogP contribution in [0.15, 0.2) is 12.1 Å². The molecule has 0 aliphatic carbocycles. The summed E-state index contributed by atoms with van der Waals surface area (Å²) < 4.78 is 11.5. The highest BCUT2D eigenvalue weighted by molar-refractivity contribution is 6.32. The van der Waals surface area contributed by atoms with Gasteiger partial charge in [-0.05, 0) is 31.5 Å². The predicted molar refractivity (Wildman–Crippen MR) is 84.4 cm³/mol. The van der Waals surface area contributed by atoms with Crippen molar-refractivity contribution < 1.29 is 9.47 Å². The van der Waals surface area contributed by atoms with Gasteiger partial charge < -0.3 is 14.8 Å². The number of rotatable bonds is 2. The summed E-state index contributed by atoms with van der Waals surface area (Å²) in [6.07, 6.45) is 0.894. The number of fused-ring (bicyclic) bond motifs is 1. The van der Waals surface area contributed by atoms with Gasteiger partial charge in [0, 0.05) is 38.1 Å². The minimum atomic E-state index is 0.148. The van der Waals surface area contributed by atoms with Gasteiger partial charge in [0.25, 0.3) is 0 Å². The molecule has 2 heterocycles. The Kier molecular flexibility index (Phi) is 4.29. The lowest BCUT2D eigenvalue weighted by atomic mass is 9.99. The number of hydrogen-bond acceptors (Lipinski definition) is 4. The van der Waals surface area contributed by atoms with Gasteiger partial charge in [-0.2, -0.15) is 0 Å². The lowest BCUT2D eigenvalue weighted by Gasteiger charge is -2.43. The molecule has 0 unspecified atom stereocenters. The summed E-state index contributed by atoms with van der Waals surface area (Å²) in [6, 6.07) is 4.08. The molecule has 0 bridgehead atoms. The van der Waals surface area contributed by atoms with Gasteiger partial charge in [-0.3, -0.25) is 4.90 Å². The van der Waals surface area contributed by atoms with Crippen LogP contribution in [0.1, 0.15) is 25.8 Å². The van der Waals surface area contributed by atoms with Crippen LogP contribution in [0.4, 0.5) is 0 Å². The molecule has 3 rings (SSSR count). The summed E-state index contributed by atoms with van der Waals surface area (Å²) in [6.45, 7) is 9.84. The summed E-state index contributed by atoms with van der Waals surface area (Å²) in [5.74, 6) is 1.47. The molecule has 0 aromatic heterocycles. The maximum atomic E-state index is 6.37. The summed E-state index contributed by atoms with van der Waals surface area (Å²) >= 11 is 6.37. The van der Waals surface area contributed by atoms with Crippen LogP contribution in [0.2, 0.25) is 5.02 Å². The molecule has 2 aliphatic rings. The Bertz CT molecular complexity index is 519. The summed E-state index contributed by atoms with van der Waals surface area (Å²) in [7, 11) is 0. The summed E-state index contributed by atoms with van der Waals surface area (Å²) in [4.78, 5) is 2.49. The highest BCUT2D eigenvalue weighted by Gasteiger charge is 2.29. The van der Waals surface area contributed by atoms with E-state index in [0.29, 0.717) is 24.0 Å². The summed E-state index contributed by atoms with van der Waals surface area (Å²) in [5, 5.41) is 4.10. The van der Waals surface area contributed by atoms with E-state index in [0.717, 1.165) is 38.3 Å². The molecule has 4 nitrogen and oxygen atoms in total. The largest absolute Gasteiger partial charge is 0.489 e. The first-order valence-electron chi connectivity index (χ1n) is 7.60. The first-order chi connectivity index (χ1) is 10.1. The van der Waals surface area contributed by atoms with E-state index in [9.17, 15) is 0 Å². The van der Waals surface area contributed by atoms with E-state index in [4.69, 9.17) is 21.1 Å². The van der Waals surface area contributed by atoms with E-state index in [1.54, 1.807) is 0 Å². The average Bonchev–Trinajstić information content (AvgIpc) is 2.67. The molecule has 1 aromatic rings. The van der Waals surface area contributed by atoms with Crippen molar-refractivity contribution in [3.05, 3.63) is 22.7 Å². The van der Waals surface area contributed by atoms with Gasteiger partial charge >= 0.3 is 0 Å². The van der Waals surface area contributed by atoms with Gasteiger partial charge in [0.2, 0.25) is 0 Å². The maximum absolute atomic E-state index is 6.37. The molecule has 1 fully saturated rings. The number of ether oxygens (including phenoxy) is 2. The van der Waals surface area contributed by atoms with Crippen molar-refractivity contribution >= 4 is 11.6 Å². The Morgan fingerprint density at radius 3 is 2.90 bits per heavy atom. The fraction of sp³-hybridized carbons (Fsp3) is 0.625. The van der Waals surface area contributed by atoms with Crippen LogP contribution in [0, 0.1) is 0 Å². The van der Waals surface area contributed by atoms with E-state index in [2.05, 4.69) is 30.1 Å². The minimum absolute atomic E-state index is 0.148. The first-order valence-corrected chi connectivity index (χ1v) is 7.98. The minimum Gasteiger partial charge on any atom is -0.489 e. The van der Waals surface area contributed by atoms with Crippen molar-refractivity contribution in [2.24, 2.45) is 0 Å². The van der Waals surface area contributed by atoms with Gasteiger partial charge in [-0.25, -0.2) is 0 Å². The molecule has 0 atom stereocenters. The normalized spacial score (nSPS) is 21.9. The van der Waals surface area contributed by atoms with E-state index in [1.807, 2.05) is 6.07 Å². The van der Waals surface area contributed by atoms with E-state index in [1.165, 1.54) is 5.56 Å². The number of benzene rings is 1. The van der Waals surface area contributed by atoms with Crippen LogP contribution in [0.3, 0.4) is 0 Å². The Morgan fingerprint density at radius 2 is 2.10 bits per heavy atom. The van der Waals surface area contributed by atoms with Crippen molar-refractivity contribution in [3.63, 3.8) is 0 Å². The van der Waals surface area contributed by atoms with Gasteiger partial charge in [0.15, 0.2) is 11.5 Å². The average molecular weight is 311 g/mol. The molecule has 5 heteroatoms. The van der Waals surface area contributed by atoms with Gasteiger partial charge in [-0.15, -0.1) is 0 Å². The molecule has 0 spiro atoms. The van der Waals surface area contributed by atoms with E-state index >= 15 is 0 Å². The van der Waals surface area contributed by atoms with Crippen LogP contribution in [0.5, 0.6) is 11.5 Å². The first kappa shape index (κ1) is 14.9. The lowest BCUT2D eigenvalue weighted by molar-refractivity contribution is 0.0826. The molecule has 1 saturated heterocycles. The topological polar surface area (TPSA) is 33.7 Å². The third-order valence-corrected chi connectivity index (χ3v) is 4.49. The Hall–Kier alpha value is -0.970.